The molecule has 2 aromatic rings. The van der Waals surface area contributed by atoms with Gasteiger partial charge in [-0.25, -0.2) is 13.2 Å². The van der Waals surface area contributed by atoms with Crippen LogP contribution in [0.1, 0.15) is 69.1 Å². The summed E-state index contributed by atoms with van der Waals surface area (Å²) in [7, 11) is -4.03. The lowest BCUT2D eigenvalue weighted by molar-refractivity contribution is -0.139. The molecule has 3 saturated carbocycles. The Kier molecular flexibility index (Phi) is 9.47. The maximum absolute atomic E-state index is 14.3. The van der Waals surface area contributed by atoms with Crippen molar-refractivity contribution in [3.05, 3.63) is 76.3 Å². The monoisotopic (exact) mass is 791 g/mol. The summed E-state index contributed by atoms with van der Waals surface area (Å²) in [6.45, 7) is 7.09. The van der Waals surface area contributed by atoms with Crippen molar-refractivity contribution in [2.45, 2.75) is 100 Å². The number of carbonyl (C=O) groups excluding carboxylic acids is 4. The van der Waals surface area contributed by atoms with Crippen molar-refractivity contribution in [1.29, 1.82) is 0 Å². The van der Waals surface area contributed by atoms with Crippen LogP contribution in [0, 0.1) is 11.8 Å². The van der Waals surface area contributed by atoms with Crippen LogP contribution in [0.25, 0.3) is 0 Å². The Morgan fingerprint density at radius 1 is 1.07 bits per heavy atom. The van der Waals surface area contributed by atoms with Gasteiger partial charge >= 0.3 is 12.3 Å². The third kappa shape index (κ3) is 7.26. The molecule has 0 bridgehead atoms. The summed E-state index contributed by atoms with van der Waals surface area (Å²) in [4.78, 5) is 58.4. The first kappa shape index (κ1) is 38.0. The number of rotatable bonds is 11. The van der Waals surface area contributed by atoms with Gasteiger partial charge in [-0.05, 0) is 98.8 Å². The zero-order valence-electron chi connectivity index (χ0n) is 29.7. The average molecular weight is 792 g/mol. The molecular formula is C37H41ClF3N5O7S. The molecule has 1 saturated heterocycles. The number of anilines is 1. The number of nitrogens with zero attached hydrogens (tertiary/aromatic N) is 2. The largest absolute Gasteiger partial charge is 0.444 e. The van der Waals surface area contributed by atoms with E-state index in [-0.39, 0.29) is 55.6 Å². The van der Waals surface area contributed by atoms with Crippen molar-refractivity contribution in [2.75, 3.05) is 11.9 Å². The van der Waals surface area contributed by atoms with E-state index in [2.05, 4.69) is 21.9 Å². The van der Waals surface area contributed by atoms with Gasteiger partial charge in [0.05, 0.1) is 23.4 Å². The van der Waals surface area contributed by atoms with E-state index in [1.807, 2.05) is 6.07 Å². The number of ether oxygens (including phenoxy) is 1. The minimum absolute atomic E-state index is 0.0203. The van der Waals surface area contributed by atoms with Crippen molar-refractivity contribution in [1.82, 2.24) is 19.8 Å². The molecule has 2 aliphatic heterocycles. The van der Waals surface area contributed by atoms with Crippen molar-refractivity contribution in [2.24, 2.45) is 11.8 Å². The normalized spacial score (nSPS) is 26.0. The minimum Gasteiger partial charge on any atom is -0.444 e. The average Bonchev–Trinajstić information content (AvgIpc) is 4.06. The number of nitrogens with one attached hydrogen (secondary N) is 3. The van der Waals surface area contributed by atoms with Crippen molar-refractivity contribution < 1.29 is 45.5 Å². The van der Waals surface area contributed by atoms with E-state index in [0.29, 0.717) is 17.9 Å². The number of likely N-dealkylation sites (tertiary alicyclic amines) is 1. The molecule has 3 N–H and O–H groups in total. The number of sulfonamides is 1. The Bertz CT molecular complexity index is 2040. The summed E-state index contributed by atoms with van der Waals surface area (Å²) in [5.41, 5.74) is -0.627. The van der Waals surface area contributed by atoms with E-state index in [4.69, 9.17) is 16.3 Å². The van der Waals surface area contributed by atoms with E-state index in [0.717, 1.165) is 36.1 Å². The first-order valence-corrected chi connectivity index (χ1v) is 19.7. The molecule has 54 heavy (non-hydrogen) atoms. The standard InChI is InChI=1S/C37H41ClF3N5O7S/c1-20(2)30(42-24-8-5-7-23(14-24)37(39,40)41)32(48)46-18-25(53-34(50)45-17-22-6-4-9-28(38)26(22)19-45)15-29(46)31(47)43-36(16-27(36)21-10-11-21)33(49)44-54(51,52)35(3)12-13-35/h4-9,14,21,25,27,29-30,42H,1,10-13,15-19H2,2-3H3,(H,43,47)(H,44,49)/t25-,27+,29+,30+,36-/m1/s1. The summed E-state index contributed by atoms with van der Waals surface area (Å²) >= 11 is 6.34. The highest BCUT2D eigenvalue weighted by Crippen LogP contribution is 2.57. The topological polar surface area (TPSA) is 154 Å². The fourth-order valence-electron chi connectivity index (χ4n) is 7.52. The van der Waals surface area contributed by atoms with Crippen LogP contribution >= 0.6 is 11.6 Å². The predicted molar refractivity (Wildman–Crippen MR) is 191 cm³/mol. The summed E-state index contributed by atoms with van der Waals surface area (Å²) in [5, 5.41) is 6.12. The van der Waals surface area contributed by atoms with Crippen LogP contribution in [0.3, 0.4) is 0 Å². The van der Waals surface area contributed by atoms with Gasteiger partial charge < -0.3 is 20.3 Å². The predicted octanol–water partition coefficient (Wildman–Crippen LogP) is 5.12. The van der Waals surface area contributed by atoms with Gasteiger partial charge in [-0.2, -0.15) is 13.2 Å². The Labute approximate surface area is 315 Å². The Hall–Kier alpha value is -4.31. The first-order chi connectivity index (χ1) is 25.3. The summed E-state index contributed by atoms with van der Waals surface area (Å²) in [6.07, 6.45) is -3.86. The number of benzene rings is 2. The highest BCUT2D eigenvalue weighted by molar-refractivity contribution is 7.91. The zero-order valence-corrected chi connectivity index (χ0v) is 31.2. The van der Waals surface area contributed by atoms with Crippen molar-refractivity contribution >= 4 is 51.1 Å². The van der Waals surface area contributed by atoms with Crippen molar-refractivity contribution in [3.63, 3.8) is 0 Å². The van der Waals surface area contributed by atoms with Gasteiger partial charge in [0.1, 0.15) is 23.7 Å². The summed E-state index contributed by atoms with van der Waals surface area (Å²) in [5.74, 6) is -2.51. The van der Waals surface area contributed by atoms with Gasteiger partial charge in [-0.15, -0.1) is 0 Å². The Balaban J connectivity index is 1.13. The maximum atomic E-state index is 14.3. The number of halogens is 4. The van der Waals surface area contributed by atoms with Crippen LogP contribution in [0.4, 0.5) is 23.7 Å². The molecule has 5 atom stereocenters. The van der Waals surface area contributed by atoms with E-state index >= 15 is 0 Å². The molecule has 0 spiro atoms. The highest BCUT2D eigenvalue weighted by atomic mass is 35.5. The van der Waals surface area contributed by atoms with Crippen LogP contribution in [-0.2, 0) is 48.4 Å². The molecule has 17 heteroatoms. The van der Waals surface area contributed by atoms with Crippen LogP contribution in [0.15, 0.2) is 54.6 Å². The second kappa shape index (κ2) is 13.5. The third-order valence-electron chi connectivity index (χ3n) is 11.3. The SMILES string of the molecule is C=C(C)[C@H](Nc1cccc(C(F)(F)F)c1)C(=O)N1C[C@H](OC(=O)N2Cc3cccc(Cl)c3C2)C[C@H]1C(=O)N[C@]1(C(=O)NS(=O)(=O)C2(C)CC2)C[C@H]1C1CC1. The Morgan fingerprint density at radius 2 is 1.78 bits per heavy atom. The number of hydrogen-bond acceptors (Lipinski definition) is 8. The minimum atomic E-state index is -4.64. The second-order valence-corrected chi connectivity index (χ2v) is 18.1. The molecule has 7 rings (SSSR count). The van der Waals surface area contributed by atoms with E-state index in [9.17, 15) is 40.8 Å². The molecule has 4 amide bonds. The van der Waals surface area contributed by atoms with Crippen LogP contribution in [-0.4, -0.2) is 77.1 Å². The van der Waals surface area contributed by atoms with Gasteiger partial charge in [0.25, 0.3) is 5.91 Å². The summed E-state index contributed by atoms with van der Waals surface area (Å²) in [6, 6.07) is 7.03. The van der Waals surface area contributed by atoms with Gasteiger partial charge in [0.2, 0.25) is 21.8 Å². The van der Waals surface area contributed by atoms with Gasteiger partial charge in [-0.1, -0.05) is 36.4 Å². The number of fused-ring (bicyclic) bond motifs is 1. The van der Waals surface area contributed by atoms with Gasteiger partial charge in [-0.3, -0.25) is 24.0 Å². The molecule has 0 aromatic heterocycles. The molecule has 0 unspecified atom stereocenters. The molecular weight excluding hydrogens is 751 g/mol. The molecule has 12 nitrogen and oxygen atoms in total. The number of hydrogen-bond donors (Lipinski definition) is 3. The second-order valence-electron chi connectivity index (χ2n) is 15.5. The van der Waals surface area contributed by atoms with Crippen molar-refractivity contribution in [3.8, 4) is 0 Å². The number of amides is 4. The fourth-order valence-corrected chi connectivity index (χ4v) is 9.08. The molecule has 290 valence electrons. The quantitative estimate of drug-likeness (QED) is 0.265. The molecule has 2 heterocycles. The lowest BCUT2D eigenvalue weighted by Crippen LogP contribution is -2.58. The van der Waals surface area contributed by atoms with Crippen LogP contribution in [0.2, 0.25) is 5.02 Å². The van der Waals surface area contributed by atoms with Gasteiger partial charge in [0.15, 0.2) is 0 Å². The van der Waals surface area contributed by atoms with E-state index in [1.54, 1.807) is 19.1 Å². The first-order valence-electron chi connectivity index (χ1n) is 17.8. The molecule has 3 aliphatic carbocycles. The van der Waals surface area contributed by atoms with Crippen LogP contribution in [0.5, 0.6) is 0 Å². The summed E-state index contributed by atoms with van der Waals surface area (Å²) < 4.78 is 73.6. The number of alkyl halides is 3. The lowest BCUT2D eigenvalue weighted by Gasteiger charge is -2.30. The Morgan fingerprint density at radius 3 is 2.41 bits per heavy atom. The third-order valence-corrected chi connectivity index (χ3v) is 13.8. The van der Waals surface area contributed by atoms with E-state index < -0.39 is 74.1 Å². The van der Waals surface area contributed by atoms with Gasteiger partial charge in [0, 0.05) is 23.7 Å². The fraction of sp³-hybridized carbons (Fsp3) is 0.514. The maximum Gasteiger partial charge on any atom is 0.416 e. The zero-order chi connectivity index (χ0) is 39.0. The lowest BCUT2D eigenvalue weighted by atomic mass is 10.1. The highest BCUT2D eigenvalue weighted by Gasteiger charge is 2.67. The van der Waals surface area contributed by atoms with E-state index in [1.165, 1.54) is 28.9 Å². The molecule has 5 aliphatic rings. The van der Waals surface area contributed by atoms with Crippen LogP contribution < -0.4 is 15.4 Å². The molecule has 0 radical (unpaired) electrons. The number of carbonyl (C=O) groups is 4. The molecule has 2 aromatic carbocycles. The molecule has 4 fully saturated rings. The smallest absolute Gasteiger partial charge is 0.416 e.